The average Bonchev–Trinajstić information content (AvgIpc) is 2.40. The third kappa shape index (κ3) is 4.86. The van der Waals surface area contributed by atoms with Gasteiger partial charge in [0.15, 0.2) is 5.83 Å². The molecule has 0 aromatic carbocycles. The van der Waals surface area contributed by atoms with Gasteiger partial charge in [0, 0.05) is 5.57 Å². The highest BCUT2D eigenvalue weighted by Crippen LogP contribution is 2.27. The summed E-state index contributed by atoms with van der Waals surface area (Å²) in [4.78, 5) is 0. The third-order valence-electron chi connectivity index (χ3n) is 2.95. The largest absolute Gasteiger partial charge is 0.494 e. The van der Waals surface area contributed by atoms with Crippen LogP contribution >= 0.6 is 0 Å². The van der Waals surface area contributed by atoms with Crippen molar-refractivity contribution in [2.75, 3.05) is 7.11 Å². The molecule has 0 radical (unpaired) electrons. The Morgan fingerprint density at radius 1 is 1.28 bits per heavy atom. The van der Waals surface area contributed by atoms with Crippen molar-refractivity contribution in [2.45, 2.75) is 33.6 Å². The van der Waals surface area contributed by atoms with Gasteiger partial charge in [-0.25, -0.2) is 4.39 Å². The van der Waals surface area contributed by atoms with Gasteiger partial charge in [-0.3, -0.25) is 0 Å². The van der Waals surface area contributed by atoms with Gasteiger partial charge in [0.05, 0.1) is 7.11 Å². The first-order valence-corrected chi connectivity index (χ1v) is 6.00. The number of hydrogen-bond acceptors (Lipinski definition) is 1. The van der Waals surface area contributed by atoms with Crippen molar-refractivity contribution in [3.05, 3.63) is 47.8 Å². The second kappa shape index (κ2) is 7.85. The maximum absolute atomic E-state index is 13.7. The van der Waals surface area contributed by atoms with Gasteiger partial charge in [0.25, 0.3) is 0 Å². The molecule has 0 aromatic rings. The van der Waals surface area contributed by atoms with Crippen LogP contribution in [-0.2, 0) is 4.74 Å². The molecule has 0 saturated heterocycles. The van der Waals surface area contributed by atoms with Gasteiger partial charge in [-0.2, -0.15) is 4.39 Å². The maximum Gasteiger partial charge on any atom is 0.200 e. The summed E-state index contributed by atoms with van der Waals surface area (Å²) in [6.45, 7) is 12.7. The molecule has 3 heteroatoms. The monoisotopic (exact) mass is 256 g/mol. The summed E-state index contributed by atoms with van der Waals surface area (Å²) in [5, 5.41) is 0. The van der Waals surface area contributed by atoms with Crippen LogP contribution in [0.5, 0.6) is 0 Å². The Hall–Kier alpha value is -1.38. The summed E-state index contributed by atoms with van der Waals surface area (Å²) in [7, 11) is 1.24. The Bertz CT molecular complexity index is 378. The lowest BCUT2D eigenvalue weighted by Crippen LogP contribution is -1.94. The predicted octanol–water partition coefficient (Wildman–Crippen LogP) is 5.24. The number of halogens is 2. The van der Waals surface area contributed by atoms with Gasteiger partial charge < -0.3 is 4.74 Å². The van der Waals surface area contributed by atoms with Crippen LogP contribution in [-0.4, -0.2) is 7.11 Å². The second-order valence-electron chi connectivity index (χ2n) is 4.37. The molecule has 0 amide bonds. The highest BCUT2D eigenvalue weighted by atomic mass is 19.2. The Morgan fingerprint density at radius 2 is 1.83 bits per heavy atom. The standard InChI is InChI=1S/C15H22F2O/c1-7-10(2)8-9-11(3)12(4)14(16)15(17)13(5)18-6/h9-10H,4-5,7-8H2,1-3,6H3/b11-9+,15-14-. The van der Waals surface area contributed by atoms with E-state index in [4.69, 9.17) is 0 Å². The van der Waals surface area contributed by atoms with Crippen LogP contribution in [0.1, 0.15) is 33.6 Å². The molecule has 1 nitrogen and oxygen atoms in total. The molecule has 1 atom stereocenters. The predicted molar refractivity (Wildman–Crippen MR) is 72.4 cm³/mol. The highest BCUT2D eigenvalue weighted by molar-refractivity contribution is 5.44. The molecule has 0 aliphatic carbocycles. The molecular formula is C15H22F2O. The van der Waals surface area contributed by atoms with E-state index in [0.29, 0.717) is 11.5 Å². The minimum Gasteiger partial charge on any atom is -0.494 e. The molecular weight excluding hydrogens is 234 g/mol. The molecule has 0 bridgehead atoms. The Labute approximate surface area is 109 Å². The van der Waals surface area contributed by atoms with Crippen molar-refractivity contribution >= 4 is 0 Å². The minimum atomic E-state index is -1.10. The summed E-state index contributed by atoms with van der Waals surface area (Å²) >= 11 is 0. The van der Waals surface area contributed by atoms with Crippen LogP contribution in [0.3, 0.4) is 0 Å². The maximum atomic E-state index is 13.7. The summed E-state index contributed by atoms with van der Waals surface area (Å²) in [6.07, 6.45) is 3.74. The van der Waals surface area contributed by atoms with Gasteiger partial charge >= 0.3 is 0 Å². The van der Waals surface area contributed by atoms with E-state index in [9.17, 15) is 8.78 Å². The summed E-state index contributed by atoms with van der Waals surface area (Å²) in [6, 6.07) is 0. The van der Waals surface area contributed by atoms with Gasteiger partial charge in [0.1, 0.15) is 5.76 Å². The first-order valence-electron chi connectivity index (χ1n) is 6.00. The van der Waals surface area contributed by atoms with Crippen LogP contribution in [0.25, 0.3) is 0 Å². The van der Waals surface area contributed by atoms with E-state index in [1.807, 2.05) is 6.08 Å². The molecule has 0 fully saturated rings. The minimum absolute atomic E-state index is 0.0361. The van der Waals surface area contributed by atoms with E-state index in [1.54, 1.807) is 6.92 Å². The van der Waals surface area contributed by atoms with Crippen LogP contribution in [0.4, 0.5) is 8.78 Å². The lowest BCUT2D eigenvalue weighted by atomic mass is 10.0. The van der Waals surface area contributed by atoms with E-state index in [2.05, 4.69) is 31.7 Å². The fourth-order valence-corrected chi connectivity index (χ4v) is 1.19. The van der Waals surface area contributed by atoms with E-state index in [0.717, 1.165) is 12.8 Å². The van der Waals surface area contributed by atoms with Crippen molar-refractivity contribution < 1.29 is 13.5 Å². The summed E-state index contributed by atoms with van der Waals surface area (Å²) < 4.78 is 31.7. The molecule has 0 heterocycles. The van der Waals surface area contributed by atoms with Gasteiger partial charge in [-0.15, -0.1) is 0 Å². The molecule has 0 spiro atoms. The van der Waals surface area contributed by atoms with Crippen molar-refractivity contribution in [1.82, 2.24) is 0 Å². The lowest BCUT2D eigenvalue weighted by Gasteiger charge is -2.09. The van der Waals surface area contributed by atoms with Gasteiger partial charge in [-0.05, 0) is 24.8 Å². The van der Waals surface area contributed by atoms with E-state index in [1.165, 1.54) is 7.11 Å². The zero-order valence-electron chi connectivity index (χ0n) is 11.6. The SMILES string of the molecule is C=C(OC)/C(F)=C(/F)C(=C)/C(C)=C/CC(C)CC. The molecule has 0 N–H and O–H groups in total. The van der Waals surface area contributed by atoms with Crippen LogP contribution in [0.2, 0.25) is 0 Å². The van der Waals surface area contributed by atoms with Crippen molar-refractivity contribution in [3.63, 3.8) is 0 Å². The van der Waals surface area contributed by atoms with Gasteiger partial charge in [0.2, 0.25) is 5.83 Å². The summed E-state index contributed by atoms with van der Waals surface area (Å²) in [5.74, 6) is -1.93. The Morgan fingerprint density at radius 3 is 2.28 bits per heavy atom. The van der Waals surface area contributed by atoms with Crippen LogP contribution in [0.15, 0.2) is 47.8 Å². The van der Waals surface area contributed by atoms with Gasteiger partial charge in [-0.1, -0.05) is 39.5 Å². The fourth-order valence-electron chi connectivity index (χ4n) is 1.19. The molecule has 0 aliphatic heterocycles. The Balaban J connectivity index is 4.89. The normalized spacial score (nSPS) is 14.9. The number of hydrogen-bond donors (Lipinski definition) is 0. The molecule has 0 rings (SSSR count). The highest BCUT2D eigenvalue weighted by Gasteiger charge is 2.14. The molecule has 102 valence electrons. The molecule has 18 heavy (non-hydrogen) atoms. The topological polar surface area (TPSA) is 9.23 Å². The number of allylic oxidation sites excluding steroid dienone is 5. The van der Waals surface area contributed by atoms with Crippen molar-refractivity contribution in [1.29, 1.82) is 0 Å². The van der Waals surface area contributed by atoms with E-state index >= 15 is 0 Å². The van der Waals surface area contributed by atoms with Crippen molar-refractivity contribution in [2.24, 2.45) is 5.92 Å². The first-order chi connectivity index (χ1) is 8.34. The van der Waals surface area contributed by atoms with Crippen LogP contribution < -0.4 is 0 Å². The molecule has 1 unspecified atom stereocenters. The average molecular weight is 256 g/mol. The first kappa shape index (κ1) is 16.6. The second-order valence-corrected chi connectivity index (χ2v) is 4.37. The quantitative estimate of drug-likeness (QED) is 0.447. The smallest absolute Gasteiger partial charge is 0.200 e. The summed E-state index contributed by atoms with van der Waals surface area (Å²) in [5.41, 5.74) is 0.667. The van der Waals surface area contributed by atoms with Crippen LogP contribution in [0, 0.1) is 5.92 Å². The Kier molecular flexibility index (Phi) is 7.25. The third-order valence-corrected chi connectivity index (χ3v) is 2.95. The van der Waals surface area contributed by atoms with E-state index < -0.39 is 11.7 Å². The van der Waals surface area contributed by atoms with E-state index in [-0.39, 0.29) is 11.3 Å². The molecule has 0 saturated carbocycles. The van der Waals surface area contributed by atoms with Crippen molar-refractivity contribution in [3.8, 4) is 0 Å². The molecule has 0 aromatic heterocycles. The zero-order chi connectivity index (χ0) is 14.3. The number of methoxy groups -OCH3 is 1. The number of ether oxygens (including phenoxy) is 1. The molecule has 0 aliphatic rings. The fraction of sp³-hybridized carbons (Fsp3) is 0.467. The lowest BCUT2D eigenvalue weighted by molar-refractivity contribution is 0.281. The zero-order valence-corrected chi connectivity index (χ0v) is 11.6. The number of rotatable bonds is 7.